The predicted molar refractivity (Wildman–Crippen MR) is 205 cm³/mol. The Kier molecular flexibility index (Phi) is 13.0. The molecule has 6 saturated carbocycles. The van der Waals surface area contributed by atoms with E-state index in [1.165, 1.54) is 77.0 Å². The van der Waals surface area contributed by atoms with Crippen molar-refractivity contribution in [3.8, 4) is 0 Å². The number of hydrogen-bond acceptors (Lipinski definition) is 8. The number of nitrogens with two attached hydrogens (primary N) is 3. The molecular weight excluding hydrogens is 682 g/mol. The van der Waals surface area contributed by atoms with Crippen LogP contribution in [0.1, 0.15) is 129 Å². The number of quaternary nitrogens is 2. The number of methoxy groups -OCH3 is 1. The molecule has 308 valence electrons. The Labute approximate surface area is 325 Å². The second kappa shape index (κ2) is 17.6. The normalized spacial score (nSPS) is 48.2. The Morgan fingerprint density at radius 1 is 0.889 bits per heavy atom. The van der Waals surface area contributed by atoms with Crippen LogP contribution in [0.4, 0.5) is 0 Å². The highest BCUT2D eigenvalue weighted by Crippen LogP contribution is 2.68. The predicted octanol–water partition coefficient (Wildman–Crippen LogP) is 3.26. The Bertz CT molecular complexity index is 1230. The summed E-state index contributed by atoms with van der Waals surface area (Å²) < 4.78 is 26.3. The van der Waals surface area contributed by atoms with Gasteiger partial charge in [0.15, 0.2) is 0 Å². The van der Waals surface area contributed by atoms with Crippen LogP contribution < -0.4 is 16.4 Å². The second-order valence-electron chi connectivity index (χ2n) is 20.2. The number of aliphatic hydroxyl groups excluding tert-OH is 2. The fraction of sp³-hybridized carbons (Fsp3) is 0.977. The van der Waals surface area contributed by atoms with Crippen molar-refractivity contribution in [3.63, 3.8) is 0 Å². The first kappa shape index (κ1) is 40.0. The number of esters is 1. The molecule has 0 bridgehead atoms. The van der Waals surface area contributed by atoms with Crippen molar-refractivity contribution < 1.29 is 44.6 Å². The summed E-state index contributed by atoms with van der Waals surface area (Å²) in [5, 5.41) is 27.1. The number of piperidine rings is 1. The van der Waals surface area contributed by atoms with Gasteiger partial charge in [-0.2, -0.15) is 0 Å². The quantitative estimate of drug-likeness (QED) is 0.159. The van der Waals surface area contributed by atoms with Crippen molar-refractivity contribution in [1.82, 2.24) is 0 Å². The van der Waals surface area contributed by atoms with Gasteiger partial charge in [0, 0.05) is 32.3 Å². The molecule has 10 heteroatoms. The maximum atomic E-state index is 12.3. The fourth-order valence-corrected chi connectivity index (χ4v) is 14.8. The molecule has 0 radical (unpaired) electrons. The lowest BCUT2D eigenvalue weighted by atomic mass is 9.45. The van der Waals surface area contributed by atoms with Crippen LogP contribution in [0.15, 0.2) is 0 Å². The zero-order valence-corrected chi connectivity index (χ0v) is 33.7. The summed E-state index contributed by atoms with van der Waals surface area (Å²) in [6, 6.07) is 0.725. The average Bonchev–Trinajstić information content (AvgIpc) is 3.74. The van der Waals surface area contributed by atoms with Gasteiger partial charge in [-0.3, -0.25) is 10.5 Å². The first-order chi connectivity index (χ1) is 26.2. The molecule has 2 heterocycles. The lowest BCUT2D eigenvalue weighted by molar-refractivity contribution is -0.703. The van der Waals surface area contributed by atoms with Crippen LogP contribution in [0, 0.1) is 58.7 Å². The molecule has 8 rings (SSSR count). The zero-order chi connectivity index (χ0) is 37.4. The van der Waals surface area contributed by atoms with E-state index in [0.717, 1.165) is 75.9 Å². The van der Waals surface area contributed by atoms with Gasteiger partial charge in [0.1, 0.15) is 6.17 Å². The third-order valence-corrected chi connectivity index (χ3v) is 17.0. The molecule has 0 aromatic heterocycles. The number of rotatable bonds is 11. The number of carbonyl (C=O) groups excluding carboxylic acids is 1. The van der Waals surface area contributed by atoms with E-state index < -0.39 is 6.10 Å². The van der Waals surface area contributed by atoms with Gasteiger partial charge in [0.25, 0.3) is 0 Å². The van der Waals surface area contributed by atoms with Crippen LogP contribution in [-0.2, 0) is 23.7 Å². The van der Waals surface area contributed by atoms with E-state index >= 15 is 0 Å². The van der Waals surface area contributed by atoms with Gasteiger partial charge in [-0.25, -0.2) is 0 Å². The van der Waals surface area contributed by atoms with E-state index in [0.29, 0.717) is 42.8 Å². The molecular formula is C44H77N3O7+2. The largest absolute Gasteiger partial charge is 0.465 e. The molecule has 10 nitrogen and oxygen atoms in total. The van der Waals surface area contributed by atoms with E-state index in [9.17, 15) is 15.0 Å². The van der Waals surface area contributed by atoms with Gasteiger partial charge in [-0.1, -0.05) is 6.42 Å². The van der Waals surface area contributed by atoms with Gasteiger partial charge >= 0.3 is 5.97 Å². The molecule has 17 unspecified atom stereocenters. The van der Waals surface area contributed by atoms with Crippen LogP contribution >= 0.6 is 0 Å². The van der Waals surface area contributed by atoms with E-state index in [1.54, 1.807) is 6.92 Å². The Hall–Kier alpha value is -0.850. The molecule has 1 spiro atoms. The summed E-state index contributed by atoms with van der Waals surface area (Å²) in [5.41, 5.74) is 6.49. The molecule has 0 amide bonds. The average molecular weight is 760 g/mol. The van der Waals surface area contributed by atoms with Crippen molar-refractivity contribution in [2.75, 3.05) is 33.4 Å². The molecule has 0 aromatic rings. The molecule has 8 aliphatic rings. The zero-order valence-electron chi connectivity index (χ0n) is 33.7. The molecule has 8 N–H and O–H groups in total. The Balaban J connectivity index is 1.02. The van der Waals surface area contributed by atoms with Crippen LogP contribution in [0.25, 0.3) is 0 Å². The van der Waals surface area contributed by atoms with Gasteiger partial charge in [-0.05, 0) is 156 Å². The highest BCUT2D eigenvalue weighted by molar-refractivity contribution is 5.65. The van der Waals surface area contributed by atoms with Crippen molar-refractivity contribution in [2.45, 2.75) is 178 Å². The van der Waals surface area contributed by atoms with Crippen LogP contribution in [-0.4, -0.2) is 98.4 Å². The highest BCUT2D eigenvalue weighted by atomic mass is 16.5. The van der Waals surface area contributed by atoms with Crippen molar-refractivity contribution >= 4 is 5.97 Å². The molecule has 54 heavy (non-hydrogen) atoms. The van der Waals surface area contributed by atoms with E-state index in [2.05, 4.69) is 10.6 Å². The second-order valence-corrected chi connectivity index (χ2v) is 20.2. The summed E-state index contributed by atoms with van der Waals surface area (Å²) in [6.07, 6.45) is 21.4. The number of fused-ring (bicyclic) bond motifs is 6. The molecule has 6 aliphatic carbocycles. The maximum Gasteiger partial charge on any atom is 0.302 e. The SMILES string of the molecule is COC1CC(O)CC2CC3(CCC(CC4CCC(N)[NH2+]C4)C3)C3C(CCC4C(COC(C)=O)C(C5CCC(O)C(OCC[NH2+]C6CCCCC6)C5)OC43)C21. The smallest absolute Gasteiger partial charge is 0.302 e. The van der Waals surface area contributed by atoms with Crippen LogP contribution in [0.2, 0.25) is 0 Å². The lowest BCUT2D eigenvalue weighted by Gasteiger charge is -2.61. The molecule has 2 aliphatic heterocycles. The standard InChI is InChI=1S/C44H75N3O7/c1-26(48)53-25-35-33-10-11-34-40-30(19-32(49)21-38(40)51-2)23-44(15-14-27(22-44)18-28-8-13-39(45)47-24-28)41(34)43(33)54-42(35)29-9-12-36(50)37(20-29)52-17-16-46-31-6-4-3-5-7-31/h27-43,46-47,49-50H,3-25,45H2,1-2H3/p+2. The Morgan fingerprint density at radius 2 is 1.72 bits per heavy atom. The third kappa shape index (κ3) is 8.48. The Morgan fingerprint density at radius 3 is 2.50 bits per heavy atom. The minimum Gasteiger partial charge on any atom is -0.465 e. The first-order valence-corrected chi connectivity index (χ1v) is 22.9. The maximum absolute atomic E-state index is 12.3. The van der Waals surface area contributed by atoms with E-state index in [4.69, 9.17) is 24.7 Å². The summed E-state index contributed by atoms with van der Waals surface area (Å²) in [5.74, 6) is 4.05. The summed E-state index contributed by atoms with van der Waals surface area (Å²) in [4.78, 5) is 12.3. The van der Waals surface area contributed by atoms with Gasteiger partial charge in [-0.15, -0.1) is 0 Å². The number of ether oxygens (including phenoxy) is 4. The monoisotopic (exact) mass is 760 g/mol. The van der Waals surface area contributed by atoms with Gasteiger partial charge in [0.05, 0.1) is 69.0 Å². The summed E-state index contributed by atoms with van der Waals surface area (Å²) >= 11 is 0. The highest BCUT2D eigenvalue weighted by Gasteiger charge is 2.65. The van der Waals surface area contributed by atoms with Crippen molar-refractivity contribution in [2.24, 2.45) is 64.4 Å². The topological polar surface area (TPSA) is 154 Å². The van der Waals surface area contributed by atoms with Gasteiger partial charge < -0.3 is 39.8 Å². The molecule has 0 aromatic carbocycles. The number of aliphatic hydroxyl groups is 2. The summed E-state index contributed by atoms with van der Waals surface area (Å²) in [6.45, 7) is 4.76. The van der Waals surface area contributed by atoms with Crippen molar-refractivity contribution in [3.05, 3.63) is 0 Å². The first-order valence-electron chi connectivity index (χ1n) is 22.9. The van der Waals surface area contributed by atoms with E-state index in [-0.39, 0.29) is 59.9 Å². The molecule has 2 saturated heterocycles. The van der Waals surface area contributed by atoms with Crippen molar-refractivity contribution in [1.29, 1.82) is 0 Å². The number of hydrogen-bond donors (Lipinski definition) is 5. The fourth-order valence-electron chi connectivity index (χ4n) is 14.8. The van der Waals surface area contributed by atoms with Crippen LogP contribution in [0.3, 0.4) is 0 Å². The molecule has 8 fully saturated rings. The minimum atomic E-state index is -0.435. The lowest BCUT2D eigenvalue weighted by Crippen LogP contribution is -2.95. The minimum absolute atomic E-state index is 0.00543. The van der Waals surface area contributed by atoms with Gasteiger partial charge in [0.2, 0.25) is 0 Å². The van der Waals surface area contributed by atoms with E-state index in [1.807, 2.05) is 7.11 Å². The number of carbonyl (C=O) groups is 1. The summed E-state index contributed by atoms with van der Waals surface area (Å²) in [7, 11) is 1.87. The van der Waals surface area contributed by atoms with Crippen LogP contribution in [0.5, 0.6) is 0 Å². The molecule has 17 atom stereocenters. The third-order valence-electron chi connectivity index (χ3n) is 17.0.